The van der Waals surface area contributed by atoms with Crippen molar-refractivity contribution in [2.75, 3.05) is 26.4 Å². The monoisotopic (exact) mass is 361 g/mol. The number of rotatable bonds is 7. The number of nitrogens with zero attached hydrogens (tertiary/aromatic N) is 2. The summed E-state index contributed by atoms with van der Waals surface area (Å²) in [5.41, 5.74) is 0.982. The molecule has 1 N–H and O–H groups in total. The third-order valence-corrected chi connectivity index (χ3v) is 5.77. The Kier molecular flexibility index (Phi) is 5.55. The second-order valence-corrected chi connectivity index (χ2v) is 7.79. The van der Waals surface area contributed by atoms with E-state index in [1.54, 1.807) is 17.6 Å². The van der Waals surface area contributed by atoms with Crippen LogP contribution in [0.5, 0.6) is 0 Å². The molecule has 0 aliphatic heterocycles. The molecule has 24 heavy (non-hydrogen) atoms. The van der Waals surface area contributed by atoms with E-state index in [1.807, 2.05) is 55.4 Å². The van der Waals surface area contributed by atoms with Crippen LogP contribution in [-0.2, 0) is 4.79 Å². The van der Waals surface area contributed by atoms with Gasteiger partial charge in [0, 0.05) is 6.54 Å². The van der Waals surface area contributed by atoms with E-state index < -0.39 is 0 Å². The normalized spacial score (nSPS) is 12.6. The van der Waals surface area contributed by atoms with Crippen molar-refractivity contribution in [1.29, 1.82) is 0 Å². The summed E-state index contributed by atoms with van der Waals surface area (Å²) >= 11 is 3.09. The van der Waals surface area contributed by atoms with E-state index in [-0.39, 0.29) is 11.9 Å². The fourth-order valence-corrected chi connectivity index (χ4v) is 4.22. The first-order chi connectivity index (χ1) is 11.6. The molecule has 5 nitrogen and oxygen atoms in total. The largest absolute Gasteiger partial charge is 0.468 e. The highest BCUT2D eigenvalue weighted by Gasteiger charge is 2.18. The molecule has 0 aliphatic carbocycles. The smallest absolute Gasteiger partial charge is 0.230 e. The molecule has 1 unspecified atom stereocenters. The number of carbonyl (C=O) groups is 1. The Balaban J connectivity index is 1.51. The van der Waals surface area contributed by atoms with Gasteiger partial charge in [-0.3, -0.25) is 9.69 Å². The summed E-state index contributed by atoms with van der Waals surface area (Å²) in [5, 5.41) is 2.97. The Bertz CT molecular complexity index is 766. The molecule has 2 heterocycles. The van der Waals surface area contributed by atoms with Gasteiger partial charge in [0.15, 0.2) is 4.34 Å². The first-order valence-corrected chi connectivity index (χ1v) is 9.38. The molecule has 0 fully saturated rings. The van der Waals surface area contributed by atoms with Crippen LogP contribution in [0.4, 0.5) is 0 Å². The molecule has 1 aromatic carbocycles. The fraction of sp³-hybridized carbons (Fsp3) is 0.294. The van der Waals surface area contributed by atoms with Crippen molar-refractivity contribution in [3.8, 4) is 0 Å². The van der Waals surface area contributed by atoms with E-state index in [0.29, 0.717) is 12.3 Å². The number of aromatic nitrogens is 1. The number of furan rings is 1. The lowest BCUT2D eigenvalue weighted by Gasteiger charge is -2.22. The fourth-order valence-electron chi connectivity index (χ4n) is 2.32. The van der Waals surface area contributed by atoms with Gasteiger partial charge in [-0.1, -0.05) is 23.9 Å². The van der Waals surface area contributed by atoms with Gasteiger partial charge in [-0.2, -0.15) is 0 Å². The zero-order chi connectivity index (χ0) is 16.9. The molecular weight excluding hydrogens is 342 g/mol. The number of likely N-dealkylation sites (N-methyl/N-ethyl adjacent to an activating group) is 1. The van der Waals surface area contributed by atoms with Crippen molar-refractivity contribution < 1.29 is 9.21 Å². The van der Waals surface area contributed by atoms with Crippen molar-refractivity contribution in [1.82, 2.24) is 15.2 Å². The van der Waals surface area contributed by atoms with Crippen LogP contribution in [0.25, 0.3) is 10.2 Å². The summed E-state index contributed by atoms with van der Waals surface area (Å²) in [7, 11) is 3.93. The van der Waals surface area contributed by atoms with E-state index in [2.05, 4.69) is 10.3 Å². The number of thioether (sulfide) groups is 1. The lowest BCUT2D eigenvalue weighted by atomic mass is 10.2. The Labute approximate surface area is 149 Å². The van der Waals surface area contributed by atoms with Crippen LogP contribution < -0.4 is 5.32 Å². The van der Waals surface area contributed by atoms with Crippen molar-refractivity contribution >= 4 is 39.2 Å². The number of thiazole rings is 1. The minimum atomic E-state index is -0.00216. The van der Waals surface area contributed by atoms with Crippen LogP contribution >= 0.6 is 23.1 Å². The second-order valence-electron chi connectivity index (χ2n) is 5.54. The number of amides is 1. The number of hydrogen-bond donors (Lipinski definition) is 1. The highest BCUT2D eigenvalue weighted by Crippen LogP contribution is 2.29. The number of nitrogens with one attached hydrogen (secondary N) is 1. The van der Waals surface area contributed by atoms with Crippen LogP contribution in [0, 0.1) is 0 Å². The van der Waals surface area contributed by atoms with Crippen molar-refractivity contribution in [2.24, 2.45) is 0 Å². The molecule has 1 amide bonds. The topological polar surface area (TPSA) is 58.4 Å². The van der Waals surface area contributed by atoms with Crippen LogP contribution in [0.15, 0.2) is 51.4 Å². The Hall–Kier alpha value is -1.83. The lowest BCUT2D eigenvalue weighted by molar-refractivity contribution is -0.118. The van der Waals surface area contributed by atoms with Gasteiger partial charge in [0.1, 0.15) is 5.76 Å². The number of carbonyl (C=O) groups excluding carboxylic acids is 1. The van der Waals surface area contributed by atoms with E-state index in [0.717, 1.165) is 20.3 Å². The molecule has 126 valence electrons. The van der Waals surface area contributed by atoms with Gasteiger partial charge in [0.25, 0.3) is 0 Å². The minimum absolute atomic E-state index is 0.00216. The van der Waals surface area contributed by atoms with E-state index in [9.17, 15) is 4.79 Å². The zero-order valence-corrected chi connectivity index (χ0v) is 15.2. The van der Waals surface area contributed by atoms with E-state index in [4.69, 9.17) is 4.42 Å². The molecule has 3 rings (SSSR count). The average molecular weight is 361 g/mol. The van der Waals surface area contributed by atoms with Gasteiger partial charge in [-0.05, 0) is 38.4 Å². The third-order valence-electron chi connectivity index (χ3n) is 3.59. The van der Waals surface area contributed by atoms with E-state index in [1.165, 1.54) is 11.8 Å². The van der Waals surface area contributed by atoms with Crippen LogP contribution in [0.3, 0.4) is 0 Å². The van der Waals surface area contributed by atoms with Crippen molar-refractivity contribution in [3.05, 3.63) is 48.4 Å². The van der Waals surface area contributed by atoms with Gasteiger partial charge < -0.3 is 9.73 Å². The molecule has 0 saturated carbocycles. The predicted octanol–water partition coefficient (Wildman–Crippen LogP) is 3.40. The molecule has 0 spiro atoms. The van der Waals surface area contributed by atoms with Crippen molar-refractivity contribution in [2.45, 2.75) is 10.4 Å². The maximum absolute atomic E-state index is 12.1. The Morgan fingerprint density at radius 2 is 2.17 bits per heavy atom. The first kappa shape index (κ1) is 17.0. The summed E-state index contributed by atoms with van der Waals surface area (Å²) < 4.78 is 7.51. The summed E-state index contributed by atoms with van der Waals surface area (Å²) in [6.07, 6.45) is 1.65. The van der Waals surface area contributed by atoms with Crippen LogP contribution in [-0.4, -0.2) is 42.2 Å². The van der Waals surface area contributed by atoms with Gasteiger partial charge in [-0.15, -0.1) is 11.3 Å². The molecule has 3 aromatic rings. The van der Waals surface area contributed by atoms with Gasteiger partial charge >= 0.3 is 0 Å². The first-order valence-electron chi connectivity index (χ1n) is 7.58. The standard InChI is InChI=1S/C17H19N3O2S2/c1-20(2)13(14-7-5-9-22-14)10-18-16(21)11-23-17-19-12-6-3-4-8-15(12)24-17/h3-9,13H,10-11H2,1-2H3,(H,18,21). The molecule has 0 saturated heterocycles. The highest BCUT2D eigenvalue weighted by atomic mass is 32.2. The van der Waals surface area contributed by atoms with Gasteiger partial charge in [0.05, 0.1) is 28.3 Å². The second kappa shape index (κ2) is 7.83. The zero-order valence-electron chi connectivity index (χ0n) is 13.6. The minimum Gasteiger partial charge on any atom is -0.468 e. The van der Waals surface area contributed by atoms with Crippen molar-refractivity contribution in [3.63, 3.8) is 0 Å². The number of hydrogen-bond acceptors (Lipinski definition) is 6. The SMILES string of the molecule is CN(C)C(CNC(=O)CSc1nc2ccccc2s1)c1ccco1. The predicted molar refractivity (Wildman–Crippen MR) is 98.5 cm³/mol. The van der Waals surface area contributed by atoms with Gasteiger partial charge in [0.2, 0.25) is 5.91 Å². The lowest BCUT2D eigenvalue weighted by Crippen LogP contribution is -2.35. The molecule has 0 bridgehead atoms. The average Bonchev–Trinajstić information content (AvgIpc) is 3.22. The molecule has 7 heteroatoms. The van der Waals surface area contributed by atoms with Crippen LogP contribution in [0.1, 0.15) is 11.8 Å². The van der Waals surface area contributed by atoms with Crippen LogP contribution in [0.2, 0.25) is 0 Å². The molecule has 0 radical (unpaired) electrons. The molecular formula is C17H19N3O2S2. The maximum atomic E-state index is 12.1. The summed E-state index contributed by atoms with van der Waals surface area (Å²) in [5.74, 6) is 1.20. The highest BCUT2D eigenvalue weighted by molar-refractivity contribution is 8.01. The summed E-state index contributed by atoms with van der Waals surface area (Å²) in [6, 6.07) is 11.8. The van der Waals surface area contributed by atoms with Gasteiger partial charge in [-0.25, -0.2) is 4.98 Å². The third kappa shape index (κ3) is 4.17. The summed E-state index contributed by atoms with van der Waals surface area (Å²) in [6.45, 7) is 0.514. The summed E-state index contributed by atoms with van der Waals surface area (Å²) in [4.78, 5) is 18.7. The van der Waals surface area contributed by atoms with E-state index >= 15 is 0 Å². The Morgan fingerprint density at radius 3 is 2.88 bits per heavy atom. The maximum Gasteiger partial charge on any atom is 0.230 e. The molecule has 0 aliphatic rings. The number of benzene rings is 1. The molecule has 1 atom stereocenters. The quantitative estimate of drug-likeness (QED) is 0.654. The number of para-hydroxylation sites is 1. The Morgan fingerprint density at radius 1 is 1.33 bits per heavy atom. The molecule has 2 aromatic heterocycles. The number of fused-ring (bicyclic) bond motifs is 1.